The first-order chi connectivity index (χ1) is 7.50. The molecule has 1 fully saturated rings. The van der Waals surface area contributed by atoms with Crippen molar-refractivity contribution < 1.29 is 24.2 Å². The molecule has 1 aliphatic rings. The Morgan fingerprint density at radius 3 is 2.50 bits per heavy atom. The van der Waals surface area contributed by atoms with Gasteiger partial charge in [0.05, 0.1) is 13.2 Å². The molecule has 6 heteroatoms. The van der Waals surface area contributed by atoms with Gasteiger partial charge in [0.25, 0.3) is 0 Å². The van der Waals surface area contributed by atoms with E-state index in [4.69, 9.17) is 9.84 Å². The number of amides is 2. The lowest BCUT2D eigenvalue weighted by Gasteiger charge is -2.27. The molecule has 90 valence electrons. The molecule has 0 spiro atoms. The number of imide groups is 1. The Labute approximate surface area is 93.2 Å². The van der Waals surface area contributed by atoms with Crippen LogP contribution in [0.1, 0.15) is 19.8 Å². The number of carbonyl (C=O) groups is 3. The first-order valence-corrected chi connectivity index (χ1v) is 5.13. The van der Waals surface area contributed by atoms with Crippen molar-refractivity contribution >= 4 is 17.8 Å². The Balaban J connectivity index is 2.33. The summed E-state index contributed by atoms with van der Waals surface area (Å²) in [4.78, 5) is 34.2. The van der Waals surface area contributed by atoms with E-state index in [1.165, 1.54) is 0 Å². The molecule has 0 unspecified atom stereocenters. The SMILES string of the molecule is CC1CC(=O)N(CCOCC(=O)O)C(=O)C1. The van der Waals surface area contributed by atoms with Crippen molar-refractivity contribution in [1.29, 1.82) is 0 Å². The summed E-state index contributed by atoms with van der Waals surface area (Å²) in [6, 6.07) is 0. The number of piperidine rings is 1. The second-order valence-corrected chi connectivity index (χ2v) is 3.90. The highest BCUT2D eigenvalue weighted by molar-refractivity contribution is 5.97. The van der Waals surface area contributed by atoms with Gasteiger partial charge in [-0.1, -0.05) is 6.92 Å². The number of hydrogen-bond acceptors (Lipinski definition) is 4. The smallest absolute Gasteiger partial charge is 0.329 e. The highest BCUT2D eigenvalue weighted by Crippen LogP contribution is 2.18. The van der Waals surface area contributed by atoms with E-state index in [0.717, 1.165) is 4.90 Å². The van der Waals surface area contributed by atoms with Gasteiger partial charge in [0.2, 0.25) is 11.8 Å². The number of likely N-dealkylation sites (tertiary alicyclic amines) is 1. The minimum absolute atomic E-state index is 0.0676. The zero-order valence-corrected chi connectivity index (χ0v) is 9.14. The van der Waals surface area contributed by atoms with Gasteiger partial charge in [0, 0.05) is 12.8 Å². The molecule has 0 bridgehead atoms. The summed E-state index contributed by atoms with van der Waals surface area (Å²) in [6.45, 7) is 1.65. The predicted molar refractivity (Wildman–Crippen MR) is 53.6 cm³/mol. The lowest BCUT2D eigenvalue weighted by atomic mass is 9.98. The second kappa shape index (κ2) is 5.60. The number of carbonyl (C=O) groups excluding carboxylic acids is 2. The molecule has 1 saturated heterocycles. The predicted octanol–water partition coefficient (Wildman–Crippen LogP) is -0.127. The molecule has 1 aliphatic heterocycles. The maximum Gasteiger partial charge on any atom is 0.329 e. The first kappa shape index (κ1) is 12.6. The maximum atomic E-state index is 11.5. The van der Waals surface area contributed by atoms with Gasteiger partial charge in [0.15, 0.2) is 0 Å². The van der Waals surface area contributed by atoms with Crippen molar-refractivity contribution in [3.05, 3.63) is 0 Å². The van der Waals surface area contributed by atoms with Gasteiger partial charge >= 0.3 is 5.97 Å². The number of aliphatic carboxylic acids is 1. The summed E-state index contributed by atoms with van der Waals surface area (Å²) in [6.07, 6.45) is 0.731. The number of carboxylic acids is 1. The van der Waals surface area contributed by atoms with E-state index in [-0.39, 0.29) is 30.9 Å². The van der Waals surface area contributed by atoms with Gasteiger partial charge < -0.3 is 9.84 Å². The van der Waals surface area contributed by atoms with Crippen LogP contribution in [0.3, 0.4) is 0 Å². The van der Waals surface area contributed by atoms with Crippen LogP contribution in [-0.2, 0) is 19.1 Å². The number of rotatable bonds is 5. The Hall–Kier alpha value is -1.43. The van der Waals surface area contributed by atoms with Crippen LogP contribution in [0.4, 0.5) is 0 Å². The topological polar surface area (TPSA) is 83.9 Å². The molecule has 6 nitrogen and oxygen atoms in total. The molecule has 0 aliphatic carbocycles. The fraction of sp³-hybridized carbons (Fsp3) is 0.700. The van der Waals surface area contributed by atoms with Gasteiger partial charge in [-0.2, -0.15) is 0 Å². The Bertz CT molecular complexity index is 284. The van der Waals surface area contributed by atoms with E-state index in [1.54, 1.807) is 0 Å². The number of hydrogen-bond donors (Lipinski definition) is 1. The Morgan fingerprint density at radius 2 is 2.00 bits per heavy atom. The van der Waals surface area contributed by atoms with Crippen molar-refractivity contribution in [2.24, 2.45) is 5.92 Å². The molecule has 0 aromatic rings. The number of nitrogens with zero attached hydrogens (tertiary/aromatic N) is 1. The normalized spacial score (nSPS) is 17.9. The van der Waals surface area contributed by atoms with Gasteiger partial charge in [-0.3, -0.25) is 14.5 Å². The zero-order chi connectivity index (χ0) is 12.1. The summed E-state index contributed by atoms with van der Waals surface area (Å²) in [5, 5.41) is 8.32. The number of ether oxygens (including phenoxy) is 1. The minimum atomic E-state index is -1.06. The molecule has 2 amide bonds. The van der Waals surface area contributed by atoms with Crippen LogP contribution < -0.4 is 0 Å². The molecular formula is C10H15NO5. The van der Waals surface area contributed by atoms with E-state index in [9.17, 15) is 14.4 Å². The largest absolute Gasteiger partial charge is 0.480 e. The lowest BCUT2D eigenvalue weighted by molar-refractivity contribution is -0.150. The van der Waals surface area contributed by atoms with Crippen molar-refractivity contribution in [2.75, 3.05) is 19.8 Å². The van der Waals surface area contributed by atoms with E-state index >= 15 is 0 Å². The lowest BCUT2D eigenvalue weighted by Crippen LogP contribution is -2.44. The monoisotopic (exact) mass is 229 g/mol. The zero-order valence-electron chi connectivity index (χ0n) is 9.14. The molecule has 0 aromatic carbocycles. The fourth-order valence-electron chi connectivity index (χ4n) is 1.59. The molecule has 0 aromatic heterocycles. The summed E-state index contributed by atoms with van der Waals surface area (Å²) in [7, 11) is 0. The van der Waals surface area contributed by atoms with Crippen LogP contribution in [0.25, 0.3) is 0 Å². The third kappa shape index (κ3) is 3.62. The quantitative estimate of drug-likeness (QED) is 0.524. The van der Waals surface area contributed by atoms with Crippen LogP contribution in [0, 0.1) is 5.92 Å². The maximum absolute atomic E-state index is 11.5. The summed E-state index contributed by atoms with van der Waals surface area (Å²) < 4.78 is 4.78. The van der Waals surface area contributed by atoms with Crippen LogP contribution in [-0.4, -0.2) is 47.5 Å². The van der Waals surface area contributed by atoms with Gasteiger partial charge in [-0.15, -0.1) is 0 Å². The molecule has 1 rings (SSSR count). The third-order valence-electron chi connectivity index (χ3n) is 2.33. The standard InChI is InChI=1S/C10H15NO5/c1-7-4-8(12)11(9(13)5-7)2-3-16-6-10(14)15/h7H,2-6H2,1H3,(H,14,15). The van der Waals surface area contributed by atoms with E-state index in [1.807, 2.05) is 6.92 Å². The highest BCUT2D eigenvalue weighted by atomic mass is 16.5. The molecule has 0 radical (unpaired) electrons. The second-order valence-electron chi connectivity index (χ2n) is 3.90. The fourth-order valence-corrected chi connectivity index (χ4v) is 1.59. The van der Waals surface area contributed by atoms with Crippen molar-refractivity contribution in [1.82, 2.24) is 4.90 Å². The van der Waals surface area contributed by atoms with Gasteiger partial charge in [0.1, 0.15) is 6.61 Å². The van der Waals surface area contributed by atoms with Gasteiger partial charge in [-0.05, 0) is 5.92 Å². The van der Waals surface area contributed by atoms with Crippen LogP contribution in [0.5, 0.6) is 0 Å². The summed E-state index contributed by atoms with van der Waals surface area (Å²) >= 11 is 0. The molecule has 16 heavy (non-hydrogen) atoms. The van der Waals surface area contributed by atoms with E-state index in [2.05, 4.69) is 0 Å². The van der Waals surface area contributed by atoms with Crippen LogP contribution >= 0.6 is 0 Å². The van der Waals surface area contributed by atoms with Crippen LogP contribution in [0.15, 0.2) is 0 Å². The molecule has 1 N–H and O–H groups in total. The van der Waals surface area contributed by atoms with Crippen LogP contribution in [0.2, 0.25) is 0 Å². The summed E-state index contributed by atoms with van der Waals surface area (Å²) in [5.74, 6) is -1.38. The summed E-state index contributed by atoms with van der Waals surface area (Å²) in [5.41, 5.74) is 0. The Morgan fingerprint density at radius 1 is 1.44 bits per heavy atom. The number of carboxylic acid groups (broad SMARTS) is 1. The van der Waals surface area contributed by atoms with Gasteiger partial charge in [-0.25, -0.2) is 4.79 Å². The third-order valence-corrected chi connectivity index (χ3v) is 2.33. The average molecular weight is 229 g/mol. The first-order valence-electron chi connectivity index (χ1n) is 5.13. The minimum Gasteiger partial charge on any atom is -0.480 e. The van der Waals surface area contributed by atoms with Crippen molar-refractivity contribution in [3.8, 4) is 0 Å². The molecular weight excluding hydrogens is 214 g/mol. The Kier molecular flexibility index (Phi) is 4.42. The highest BCUT2D eigenvalue weighted by Gasteiger charge is 2.29. The molecule has 0 saturated carbocycles. The molecule has 0 atom stereocenters. The average Bonchev–Trinajstić information content (AvgIpc) is 2.14. The van der Waals surface area contributed by atoms with Crippen molar-refractivity contribution in [2.45, 2.75) is 19.8 Å². The van der Waals surface area contributed by atoms with E-state index < -0.39 is 12.6 Å². The molecule has 1 heterocycles. The van der Waals surface area contributed by atoms with E-state index in [0.29, 0.717) is 12.8 Å². The van der Waals surface area contributed by atoms with Crippen molar-refractivity contribution in [3.63, 3.8) is 0 Å².